The minimum Gasteiger partial charge on any atom is -0.341 e. The van der Waals surface area contributed by atoms with Crippen molar-refractivity contribution in [2.45, 2.75) is 13.3 Å². The van der Waals surface area contributed by atoms with Crippen LogP contribution in [0.3, 0.4) is 0 Å². The number of hydrogen-bond donors (Lipinski definition) is 0. The van der Waals surface area contributed by atoms with Gasteiger partial charge in [0.05, 0.1) is 0 Å². The molecule has 0 unspecified atom stereocenters. The molecule has 0 saturated carbocycles. The summed E-state index contributed by atoms with van der Waals surface area (Å²) in [6.45, 7) is 6.38. The molecule has 0 atom stereocenters. The van der Waals surface area contributed by atoms with E-state index in [1.807, 2.05) is 62.5 Å². The van der Waals surface area contributed by atoms with Crippen LogP contribution in [0.2, 0.25) is 0 Å². The van der Waals surface area contributed by atoms with E-state index in [0.29, 0.717) is 6.54 Å². The van der Waals surface area contributed by atoms with E-state index < -0.39 is 0 Å². The molecule has 19 heavy (non-hydrogen) atoms. The molecule has 0 bridgehead atoms. The SMILES string of the molecule is C=C/C=C(\C=C/C)CCN(C)C(=O)c1ccccc1. The van der Waals surface area contributed by atoms with E-state index in [9.17, 15) is 4.79 Å². The Morgan fingerprint density at radius 1 is 1.32 bits per heavy atom. The summed E-state index contributed by atoms with van der Waals surface area (Å²) in [6, 6.07) is 9.35. The van der Waals surface area contributed by atoms with Gasteiger partial charge in [-0.25, -0.2) is 0 Å². The number of allylic oxidation sites excluding steroid dienone is 4. The molecular weight excluding hydrogens is 234 g/mol. The molecule has 0 spiro atoms. The topological polar surface area (TPSA) is 20.3 Å². The second-order valence-corrected chi connectivity index (χ2v) is 4.32. The molecule has 0 saturated heterocycles. The quantitative estimate of drug-likeness (QED) is 0.707. The number of nitrogens with zero attached hydrogens (tertiary/aromatic N) is 1. The molecular formula is C17H21NO. The number of amides is 1. The first-order chi connectivity index (χ1) is 9.19. The van der Waals surface area contributed by atoms with Crippen LogP contribution in [-0.2, 0) is 0 Å². The summed E-state index contributed by atoms with van der Waals surface area (Å²) in [7, 11) is 1.83. The van der Waals surface area contributed by atoms with Gasteiger partial charge in [-0.1, -0.05) is 49.1 Å². The molecule has 0 heterocycles. The molecule has 2 nitrogen and oxygen atoms in total. The Bertz CT molecular complexity index is 471. The van der Waals surface area contributed by atoms with Gasteiger partial charge in [-0.15, -0.1) is 0 Å². The van der Waals surface area contributed by atoms with Crippen LogP contribution in [0.15, 0.2) is 66.8 Å². The highest BCUT2D eigenvalue weighted by atomic mass is 16.2. The van der Waals surface area contributed by atoms with E-state index in [1.165, 1.54) is 5.57 Å². The average Bonchev–Trinajstić information content (AvgIpc) is 2.45. The number of carbonyl (C=O) groups excluding carboxylic acids is 1. The van der Waals surface area contributed by atoms with Gasteiger partial charge >= 0.3 is 0 Å². The Balaban J connectivity index is 2.60. The Morgan fingerprint density at radius 3 is 2.58 bits per heavy atom. The zero-order chi connectivity index (χ0) is 14.1. The highest BCUT2D eigenvalue weighted by Gasteiger charge is 2.10. The van der Waals surface area contributed by atoms with E-state index in [2.05, 4.69) is 6.58 Å². The Kier molecular flexibility index (Phi) is 6.37. The van der Waals surface area contributed by atoms with Gasteiger partial charge in [0.1, 0.15) is 0 Å². The number of benzene rings is 1. The van der Waals surface area contributed by atoms with Crippen molar-refractivity contribution < 1.29 is 4.79 Å². The highest BCUT2D eigenvalue weighted by molar-refractivity contribution is 5.93. The van der Waals surface area contributed by atoms with Crippen LogP contribution < -0.4 is 0 Å². The van der Waals surface area contributed by atoms with E-state index in [0.717, 1.165) is 12.0 Å². The fourth-order valence-electron chi connectivity index (χ4n) is 1.79. The summed E-state index contributed by atoms with van der Waals surface area (Å²) < 4.78 is 0. The molecule has 1 aromatic rings. The monoisotopic (exact) mass is 255 g/mol. The maximum absolute atomic E-state index is 12.1. The highest BCUT2D eigenvalue weighted by Crippen LogP contribution is 2.08. The maximum Gasteiger partial charge on any atom is 0.253 e. The molecule has 0 aliphatic rings. The summed E-state index contributed by atoms with van der Waals surface area (Å²) in [5.41, 5.74) is 1.90. The van der Waals surface area contributed by atoms with E-state index in [1.54, 1.807) is 11.0 Å². The van der Waals surface area contributed by atoms with Crippen molar-refractivity contribution in [3.8, 4) is 0 Å². The minimum absolute atomic E-state index is 0.0547. The molecule has 2 heteroatoms. The van der Waals surface area contributed by atoms with Crippen LogP contribution in [0.25, 0.3) is 0 Å². The molecule has 1 aromatic carbocycles. The second kappa shape index (κ2) is 8.09. The second-order valence-electron chi connectivity index (χ2n) is 4.32. The molecule has 0 fully saturated rings. The first-order valence-corrected chi connectivity index (χ1v) is 6.44. The van der Waals surface area contributed by atoms with Crippen molar-refractivity contribution in [1.82, 2.24) is 4.90 Å². The van der Waals surface area contributed by atoms with Gasteiger partial charge in [-0.3, -0.25) is 4.79 Å². The summed E-state index contributed by atoms with van der Waals surface area (Å²) in [5, 5.41) is 0. The Morgan fingerprint density at radius 2 is 2.00 bits per heavy atom. The van der Waals surface area contributed by atoms with Gasteiger partial charge in [0.15, 0.2) is 0 Å². The van der Waals surface area contributed by atoms with Crippen molar-refractivity contribution in [2.75, 3.05) is 13.6 Å². The minimum atomic E-state index is 0.0547. The molecule has 0 aliphatic carbocycles. The number of rotatable bonds is 6. The number of hydrogen-bond acceptors (Lipinski definition) is 1. The lowest BCUT2D eigenvalue weighted by atomic mass is 10.1. The van der Waals surface area contributed by atoms with Gasteiger partial charge in [0, 0.05) is 19.2 Å². The smallest absolute Gasteiger partial charge is 0.253 e. The van der Waals surface area contributed by atoms with Crippen molar-refractivity contribution in [3.63, 3.8) is 0 Å². The first-order valence-electron chi connectivity index (χ1n) is 6.44. The molecule has 100 valence electrons. The van der Waals surface area contributed by atoms with Gasteiger partial charge in [-0.2, -0.15) is 0 Å². The molecule has 0 aliphatic heterocycles. The number of carbonyl (C=O) groups is 1. The van der Waals surface area contributed by atoms with Gasteiger partial charge in [0.25, 0.3) is 5.91 Å². The summed E-state index contributed by atoms with van der Waals surface area (Å²) in [5.74, 6) is 0.0547. The summed E-state index contributed by atoms with van der Waals surface area (Å²) >= 11 is 0. The van der Waals surface area contributed by atoms with Crippen LogP contribution in [0.5, 0.6) is 0 Å². The zero-order valence-corrected chi connectivity index (χ0v) is 11.7. The average molecular weight is 255 g/mol. The lowest BCUT2D eigenvalue weighted by Gasteiger charge is -2.17. The molecule has 1 amide bonds. The van der Waals surface area contributed by atoms with Crippen molar-refractivity contribution in [3.05, 3.63) is 72.4 Å². The third-order valence-corrected chi connectivity index (χ3v) is 2.82. The van der Waals surface area contributed by atoms with Gasteiger partial charge in [-0.05, 0) is 31.1 Å². The lowest BCUT2D eigenvalue weighted by Crippen LogP contribution is -2.27. The Labute approximate surface area is 115 Å². The van der Waals surface area contributed by atoms with Gasteiger partial charge in [0.2, 0.25) is 0 Å². The normalized spacial score (nSPS) is 11.6. The van der Waals surface area contributed by atoms with E-state index in [-0.39, 0.29) is 5.91 Å². The van der Waals surface area contributed by atoms with Crippen LogP contribution in [0.1, 0.15) is 23.7 Å². The van der Waals surface area contributed by atoms with Crippen molar-refractivity contribution >= 4 is 5.91 Å². The predicted molar refractivity (Wildman–Crippen MR) is 81.1 cm³/mol. The van der Waals surface area contributed by atoms with Crippen LogP contribution in [0.4, 0.5) is 0 Å². The molecule has 0 N–H and O–H groups in total. The maximum atomic E-state index is 12.1. The first kappa shape index (κ1) is 15.0. The third-order valence-electron chi connectivity index (χ3n) is 2.82. The molecule has 1 rings (SSSR count). The van der Waals surface area contributed by atoms with Gasteiger partial charge < -0.3 is 4.90 Å². The van der Waals surface area contributed by atoms with Crippen molar-refractivity contribution in [2.24, 2.45) is 0 Å². The summed E-state index contributed by atoms with van der Waals surface area (Å²) in [6.07, 6.45) is 8.61. The lowest BCUT2D eigenvalue weighted by molar-refractivity contribution is 0.0797. The van der Waals surface area contributed by atoms with E-state index in [4.69, 9.17) is 0 Å². The standard InChI is InChI=1S/C17H21NO/c1-4-9-15(10-5-2)13-14-18(3)17(19)16-11-7-6-8-12-16/h4-12H,1,13-14H2,2-3H3/b10-5-,15-9+. The molecule has 0 radical (unpaired) electrons. The summed E-state index contributed by atoms with van der Waals surface area (Å²) in [4.78, 5) is 13.9. The fraction of sp³-hybridized carbons (Fsp3) is 0.235. The zero-order valence-electron chi connectivity index (χ0n) is 11.7. The predicted octanol–water partition coefficient (Wildman–Crippen LogP) is 3.84. The largest absolute Gasteiger partial charge is 0.341 e. The Hall–Kier alpha value is -2.09. The fourth-order valence-corrected chi connectivity index (χ4v) is 1.79. The van der Waals surface area contributed by atoms with Crippen LogP contribution in [-0.4, -0.2) is 24.4 Å². The van der Waals surface area contributed by atoms with Crippen LogP contribution in [0, 0.1) is 0 Å². The van der Waals surface area contributed by atoms with Crippen molar-refractivity contribution in [1.29, 1.82) is 0 Å². The van der Waals surface area contributed by atoms with Crippen LogP contribution >= 0.6 is 0 Å². The third kappa shape index (κ3) is 4.96. The van der Waals surface area contributed by atoms with E-state index >= 15 is 0 Å². The molecule has 0 aromatic heterocycles.